The summed E-state index contributed by atoms with van der Waals surface area (Å²) in [7, 11) is 0. The molecule has 5 nitrogen and oxygen atoms in total. The fraction of sp³-hybridized carbons (Fsp3) is 0.174. The van der Waals surface area contributed by atoms with E-state index in [1.165, 1.54) is 12.1 Å². The Balaban J connectivity index is 1.77. The Labute approximate surface area is 183 Å². The molecule has 1 amide bonds. The summed E-state index contributed by atoms with van der Waals surface area (Å²) in [6.45, 7) is 0.260. The number of benzene rings is 2. The van der Waals surface area contributed by atoms with E-state index in [2.05, 4.69) is 5.32 Å². The van der Waals surface area contributed by atoms with Gasteiger partial charge >= 0.3 is 0 Å². The highest BCUT2D eigenvalue weighted by Gasteiger charge is 2.24. The van der Waals surface area contributed by atoms with Crippen LogP contribution in [0.5, 0.6) is 0 Å². The van der Waals surface area contributed by atoms with Crippen LogP contribution in [0, 0.1) is 0 Å². The molecule has 7 heteroatoms. The summed E-state index contributed by atoms with van der Waals surface area (Å²) in [6, 6.07) is 15.2. The number of carbonyl (C=O) groups excluding carboxylic acids is 2. The van der Waals surface area contributed by atoms with E-state index in [4.69, 9.17) is 23.2 Å². The largest absolute Gasteiger partial charge is 0.317 e. The Morgan fingerprint density at radius 1 is 0.967 bits per heavy atom. The Morgan fingerprint density at radius 2 is 1.70 bits per heavy atom. The van der Waals surface area contributed by atoms with Crippen LogP contribution >= 0.6 is 23.2 Å². The highest BCUT2D eigenvalue weighted by atomic mass is 35.5. The van der Waals surface area contributed by atoms with Gasteiger partial charge in [0.05, 0.1) is 6.54 Å². The summed E-state index contributed by atoms with van der Waals surface area (Å²) in [6.07, 6.45) is 1.73. The van der Waals surface area contributed by atoms with Crippen molar-refractivity contribution in [3.8, 4) is 0 Å². The smallest absolute Gasteiger partial charge is 0.274 e. The minimum Gasteiger partial charge on any atom is -0.317 e. The number of pyridine rings is 1. The second-order valence-corrected chi connectivity index (χ2v) is 8.05. The van der Waals surface area contributed by atoms with Crippen molar-refractivity contribution in [1.29, 1.82) is 0 Å². The summed E-state index contributed by atoms with van der Waals surface area (Å²) in [5.74, 6) is -0.499. The normalized spacial score (nSPS) is 13.1. The van der Waals surface area contributed by atoms with Crippen molar-refractivity contribution in [2.45, 2.75) is 25.8 Å². The zero-order valence-corrected chi connectivity index (χ0v) is 17.5. The Bertz CT molecular complexity index is 1220. The van der Waals surface area contributed by atoms with E-state index in [-0.39, 0.29) is 23.6 Å². The molecule has 0 unspecified atom stereocenters. The van der Waals surface area contributed by atoms with Gasteiger partial charge in [0.15, 0.2) is 5.78 Å². The first-order chi connectivity index (χ1) is 14.4. The van der Waals surface area contributed by atoms with Crippen molar-refractivity contribution in [3.05, 3.63) is 97.4 Å². The van der Waals surface area contributed by atoms with Crippen LogP contribution in [-0.2, 0) is 13.0 Å². The lowest BCUT2D eigenvalue weighted by Gasteiger charge is -2.22. The first-order valence-corrected chi connectivity index (χ1v) is 10.3. The number of hydrogen-bond acceptors (Lipinski definition) is 3. The van der Waals surface area contributed by atoms with Gasteiger partial charge in [-0.1, -0.05) is 41.4 Å². The molecular weight excluding hydrogens is 423 g/mol. The fourth-order valence-corrected chi connectivity index (χ4v) is 4.07. The van der Waals surface area contributed by atoms with Gasteiger partial charge < -0.3 is 9.88 Å². The number of fused-ring (bicyclic) bond motifs is 1. The molecule has 1 heterocycles. The predicted molar refractivity (Wildman–Crippen MR) is 118 cm³/mol. The van der Waals surface area contributed by atoms with E-state index < -0.39 is 5.91 Å². The molecule has 3 aromatic rings. The maximum absolute atomic E-state index is 13.2. The van der Waals surface area contributed by atoms with Gasteiger partial charge in [0.25, 0.3) is 11.5 Å². The fourth-order valence-electron chi connectivity index (χ4n) is 3.66. The average Bonchev–Trinajstić information content (AvgIpc) is 2.72. The Morgan fingerprint density at radius 3 is 2.43 bits per heavy atom. The summed E-state index contributed by atoms with van der Waals surface area (Å²) in [5.41, 5.74) is 2.03. The Hall–Kier alpha value is -2.89. The predicted octanol–water partition coefficient (Wildman–Crippen LogP) is 4.97. The molecule has 2 aromatic carbocycles. The zero-order valence-electron chi connectivity index (χ0n) is 16.0. The average molecular weight is 441 g/mol. The van der Waals surface area contributed by atoms with Gasteiger partial charge in [-0.3, -0.25) is 14.4 Å². The van der Waals surface area contributed by atoms with Gasteiger partial charge in [-0.2, -0.15) is 0 Å². The lowest BCUT2D eigenvalue weighted by atomic mass is 9.93. The summed E-state index contributed by atoms with van der Waals surface area (Å²) in [5, 5.41) is 3.64. The minimum atomic E-state index is -0.466. The number of carbonyl (C=O) groups is 2. The van der Waals surface area contributed by atoms with E-state index in [9.17, 15) is 14.4 Å². The van der Waals surface area contributed by atoms with Crippen molar-refractivity contribution in [2.24, 2.45) is 0 Å². The van der Waals surface area contributed by atoms with Gasteiger partial charge in [-0.25, -0.2) is 0 Å². The van der Waals surface area contributed by atoms with Crippen molar-refractivity contribution in [1.82, 2.24) is 4.57 Å². The molecule has 4 rings (SSSR count). The van der Waals surface area contributed by atoms with Crippen LogP contribution < -0.4 is 10.9 Å². The number of amides is 1. The molecule has 0 saturated heterocycles. The van der Waals surface area contributed by atoms with Crippen LogP contribution in [0.1, 0.15) is 44.8 Å². The summed E-state index contributed by atoms with van der Waals surface area (Å²) < 4.78 is 1.56. The molecule has 0 saturated carbocycles. The van der Waals surface area contributed by atoms with Gasteiger partial charge in [0.2, 0.25) is 0 Å². The molecule has 152 valence electrons. The number of Topliss-reactive ketones (excluding diaryl/α,β-unsaturated/α-hetero) is 1. The molecule has 0 aliphatic heterocycles. The molecule has 0 fully saturated rings. The summed E-state index contributed by atoms with van der Waals surface area (Å²) >= 11 is 12.1. The van der Waals surface area contributed by atoms with E-state index >= 15 is 0 Å². The van der Waals surface area contributed by atoms with Gasteiger partial charge in [-0.05, 0) is 54.8 Å². The highest BCUT2D eigenvalue weighted by molar-refractivity contribution is 6.31. The number of nitrogens with zero attached hydrogens (tertiary/aromatic N) is 1. The van der Waals surface area contributed by atoms with E-state index in [0.29, 0.717) is 46.1 Å². The maximum Gasteiger partial charge on any atom is 0.274 e. The van der Waals surface area contributed by atoms with Crippen molar-refractivity contribution in [2.75, 3.05) is 5.32 Å². The highest BCUT2D eigenvalue weighted by Crippen LogP contribution is 2.24. The van der Waals surface area contributed by atoms with Crippen LogP contribution in [0.25, 0.3) is 0 Å². The second kappa shape index (κ2) is 8.46. The molecule has 1 aromatic heterocycles. The number of aromatic nitrogens is 1. The zero-order chi connectivity index (χ0) is 21.3. The van der Waals surface area contributed by atoms with Crippen molar-refractivity contribution in [3.63, 3.8) is 0 Å². The van der Waals surface area contributed by atoms with Gasteiger partial charge in [-0.15, -0.1) is 0 Å². The van der Waals surface area contributed by atoms with Crippen molar-refractivity contribution >= 4 is 40.6 Å². The number of halogens is 2. The number of anilines is 1. The number of rotatable bonds is 4. The number of nitrogens with one attached hydrogen (secondary N) is 1. The molecule has 0 spiro atoms. The third kappa shape index (κ3) is 4.18. The van der Waals surface area contributed by atoms with Crippen molar-refractivity contribution < 1.29 is 9.59 Å². The number of ketones is 1. The molecule has 1 aliphatic rings. The van der Waals surface area contributed by atoms with Gasteiger partial charge in [0.1, 0.15) is 5.69 Å². The SMILES string of the molecule is O=C(Nc1cc2c(n(Cc3cccc(Cl)c3)c1=O)CCCC2=O)c1cccc(Cl)c1. The standard InChI is InChI=1S/C23H18Cl2N2O3/c24-16-6-1-4-14(10-16)13-27-20-8-3-9-21(28)18(20)12-19(23(27)30)26-22(29)15-5-2-7-17(25)11-15/h1-2,4-7,10-12H,3,8-9,13H2,(H,26,29). The van der Waals surface area contributed by atoms with Crippen LogP contribution in [0.3, 0.4) is 0 Å². The van der Waals surface area contributed by atoms with E-state index in [0.717, 1.165) is 5.56 Å². The van der Waals surface area contributed by atoms with Crippen LogP contribution in [0.4, 0.5) is 5.69 Å². The van der Waals surface area contributed by atoms with E-state index in [1.807, 2.05) is 12.1 Å². The lowest BCUT2D eigenvalue weighted by Crippen LogP contribution is -2.32. The minimum absolute atomic E-state index is 0.0330. The maximum atomic E-state index is 13.2. The molecule has 1 N–H and O–H groups in total. The Kier molecular flexibility index (Phi) is 5.75. The molecule has 30 heavy (non-hydrogen) atoms. The van der Waals surface area contributed by atoms with Crippen LogP contribution in [-0.4, -0.2) is 16.3 Å². The first kappa shape index (κ1) is 20.4. The topological polar surface area (TPSA) is 68.2 Å². The second-order valence-electron chi connectivity index (χ2n) is 7.18. The third-order valence-corrected chi connectivity index (χ3v) is 5.55. The van der Waals surface area contributed by atoms with Crippen LogP contribution in [0.2, 0.25) is 10.0 Å². The first-order valence-electron chi connectivity index (χ1n) is 9.53. The molecule has 1 aliphatic carbocycles. The monoisotopic (exact) mass is 440 g/mol. The molecule has 0 atom stereocenters. The molecule has 0 bridgehead atoms. The summed E-state index contributed by atoms with van der Waals surface area (Å²) in [4.78, 5) is 38.5. The quantitative estimate of drug-likeness (QED) is 0.622. The number of hydrogen-bond donors (Lipinski definition) is 1. The molecular formula is C23H18Cl2N2O3. The third-order valence-electron chi connectivity index (χ3n) is 5.08. The van der Waals surface area contributed by atoms with E-state index in [1.54, 1.807) is 34.9 Å². The van der Waals surface area contributed by atoms with Gasteiger partial charge in [0, 0.05) is 33.3 Å². The molecule has 0 radical (unpaired) electrons. The lowest BCUT2D eigenvalue weighted by molar-refractivity contribution is 0.0968. The van der Waals surface area contributed by atoms with Crippen LogP contribution in [0.15, 0.2) is 59.4 Å².